The van der Waals surface area contributed by atoms with Gasteiger partial charge in [-0.3, -0.25) is 4.79 Å². The highest BCUT2D eigenvalue weighted by Gasteiger charge is 2.06. The summed E-state index contributed by atoms with van der Waals surface area (Å²) in [5.41, 5.74) is 2.59. The SMILES string of the molecule is O=C(NCc1ccc(Cl)cc1)c1ccc(NCc2ccc(Cl)cc2)nc1. The molecule has 0 saturated heterocycles. The summed E-state index contributed by atoms with van der Waals surface area (Å²) >= 11 is 11.7. The fourth-order valence-corrected chi connectivity index (χ4v) is 2.57. The Bertz CT molecular complexity index is 863. The van der Waals surface area contributed by atoms with E-state index < -0.39 is 0 Å². The Hall–Kier alpha value is -2.56. The van der Waals surface area contributed by atoms with Crippen molar-refractivity contribution in [2.45, 2.75) is 13.1 Å². The lowest BCUT2D eigenvalue weighted by atomic mass is 10.2. The van der Waals surface area contributed by atoms with Crippen molar-refractivity contribution in [1.82, 2.24) is 10.3 Å². The van der Waals surface area contributed by atoms with Gasteiger partial charge in [-0.25, -0.2) is 4.98 Å². The maximum atomic E-state index is 12.2. The van der Waals surface area contributed by atoms with Crippen LogP contribution in [-0.2, 0) is 13.1 Å². The molecule has 0 unspecified atom stereocenters. The quantitative estimate of drug-likeness (QED) is 0.632. The Balaban J connectivity index is 1.52. The van der Waals surface area contributed by atoms with Gasteiger partial charge in [0.15, 0.2) is 0 Å². The van der Waals surface area contributed by atoms with Crippen LogP contribution >= 0.6 is 23.2 Å². The van der Waals surface area contributed by atoms with Gasteiger partial charge in [-0.05, 0) is 47.5 Å². The van der Waals surface area contributed by atoms with E-state index in [9.17, 15) is 4.79 Å². The molecule has 2 N–H and O–H groups in total. The van der Waals surface area contributed by atoms with Gasteiger partial charge in [-0.2, -0.15) is 0 Å². The molecule has 0 aliphatic carbocycles. The third-order valence-corrected chi connectivity index (χ3v) is 4.28. The predicted molar refractivity (Wildman–Crippen MR) is 106 cm³/mol. The highest BCUT2D eigenvalue weighted by Crippen LogP contribution is 2.12. The lowest BCUT2D eigenvalue weighted by Gasteiger charge is -2.08. The molecule has 0 saturated carbocycles. The van der Waals surface area contributed by atoms with E-state index >= 15 is 0 Å². The zero-order valence-corrected chi connectivity index (χ0v) is 15.4. The van der Waals surface area contributed by atoms with Gasteiger partial charge in [-0.15, -0.1) is 0 Å². The molecule has 26 heavy (non-hydrogen) atoms. The van der Waals surface area contributed by atoms with Crippen molar-refractivity contribution in [1.29, 1.82) is 0 Å². The molecule has 1 amide bonds. The summed E-state index contributed by atoms with van der Waals surface area (Å²) in [5.74, 6) is 0.533. The molecule has 0 spiro atoms. The van der Waals surface area contributed by atoms with Gasteiger partial charge in [-0.1, -0.05) is 47.5 Å². The van der Waals surface area contributed by atoms with Gasteiger partial charge in [0.05, 0.1) is 5.56 Å². The smallest absolute Gasteiger partial charge is 0.253 e. The first-order chi connectivity index (χ1) is 12.6. The van der Waals surface area contributed by atoms with E-state index in [1.165, 1.54) is 0 Å². The Morgan fingerprint density at radius 1 is 0.808 bits per heavy atom. The molecular formula is C20H17Cl2N3O. The third-order valence-electron chi connectivity index (χ3n) is 3.78. The van der Waals surface area contributed by atoms with Crippen molar-refractivity contribution in [2.75, 3.05) is 5.32 Å². The van der Waals surface area contributed by atoms with Crippen molar-refractivity contribution in [3.8, 4) is 0 Å². The molecule has 0 aliphatic heterocycles. The van der Waals surface area contributed by atoms with Crippen molar-refractivity contribution in [2.24, 2.45) is 0 Å². The van der Waals surface area contributed by atoms with Gasteiger partial charge in [0.25, 0.3) is 5.91 Å². The second-order valence-corrected chi connectivity index (χ2v) is 6.59. The molecular weight excluding hydrogens is 369 g/mol. The molecule has 0 fully saturated rings. The van der Waals surface area contributed by atoms with Crippen LogP contribution in [0, 0.1) is 0 Å². The third kappa shape index (κ3) is 5.22. The van der Waals surface area contributed by atoms with Crippen molar-refractivity contribution >= 4 is 34.9 Å². The molecule has 0 aliphatic rings. The lowest BCUT2D eigenvalue weighted by molar-refractivity contribution is 0.0950. The summed E-state index contributed by atoms with van der Waals surface area (Å²) in [5, 5.41) is 7.45. The predicted octanol–water partition coefficient (Wildman–Crippen LogP) is 4.93. The molecule has 0 atom stereocenters. The van der Waals surface area contributed by atoms with Crippen LogP contribution in [0.5, 0.6) is 0 Å². The number of halogens is 2. The maximum absolute atomic E-state index is 12.2. The largest absolute Gasteiger partial charge is 0.366 e. The number of hydrogen-bond acceptors (Lipinski definition) is 3. The summed E-state index contributed by atoms with van der Waals surface area (Å²) in [6.07, 6.45) is 1.56. The second kappa shape index (κ2) is 8.70. The molecule has 3 rings (SSSR count). The van der Waals surface area contributed by atoms with Gasteiger partial charge >= 0.3 is 0 Å². The van der Waals surface area contributed by atoms with Crippen molar-refractivity contribution in [3.05, 3.63) is 93.6 Å². The molecule has 4 nitrogen and oxygen atoms in total. The van der Waals surface area contributed by atoms with Crippen molar-refractivity contribution < 1.29 is 4.79 Å². The highest BCUT2D eigenvalue weighted by atomic mass is 35.5. The first kappa shape index (κ1) is 18.2. The molecule has 1 heterocycles. The first-order valence-corrected chi connectivity index (χ1v) is 8.83. The Morgan fingerprint density at radius 3 is 1.92 bits per heavy atom. The Kier molecular flexibility index (Phi) is 6.10. The first-order valence-electron chi connectivity index (χ1n) is 8.07. The number of aromatic nitrogens is 1. The van der Waals surface area contributed by atoms with E-state index in [0.29, 0.717) is 34.5 Å². The van der Waals surface area contributed by atoms with Gasteiger partial charge in [0, 0.05) is 29.3 Å². The number of hydrogen-bond donors (Lipinski definition) is 2. The molecule has 132 valence electrons. The van der Waals surface area contributed by atoms with Crippen LogP contribution in [0.25, 0.3) is 0 Å². The Morgan fingerprint density at radius 2 is 1.38 bits per heavy atom. The van der Waals surface area contributed by atoms with Crippen LogP contribution in [0.15, 0.2) is 66.9 Å². The fraction of sp³-hybridized carbons (Fsp3) is 0.100. The number of carbonyl (C=O) groups is 1. The summed E-state index contributed by atoms with van der Waals surface area (Å²) in [4.78, 5) is 16.5. The van der Waals surface area contributed by atoms with Crippen LogP contribution in [0.2, 0.25) is 10.0 Å². The molecule has 2 aromatic carbocycles. The normalized spacial score (nSPS) is 10.4. The second-order valence-electron chi connectivity index (χ2n) is 5.72. The van der Waals surface area contributed by atoms with Gasteiger partial charge < -0.3 is 10.6 Å². The summed E-state index contributed by atoms with van der Waals surface area (Å²) in [7, 11) is 0. The minimum atomic E-state index is -0.170. The Labute approximate surface area is 162 Å². The molecule has 3 aromatic rings. The monoisotopic (exact) mass is 385 g/mol. The number of nitrogens with one attached hydrogen (secondary N) is 2. The number of anilines is 1. The minimum absolute atomic E-state index is 0.170. The number of benzene rings is 2. The molecule has 0 radical (unpaired) electrons. The van der Waals surface area contributed by atoms with Crippen LogP contribution in [0.1, 0.15) is 21.5 Å². The zero-order valence-electron chi connectivity index (χ0n) is 13.9. The van der Waals surface area contributed by atoms with Crippen LogP contribution in [0.3, 0.4) is 0 Å². The summed E-state index contributed by atoms with van der Waals surface area (Å²) in [6.45, 7) is 1.07. The van der Waals surface area contributed by atoms with E-state index in [0.717, 1.165) is 11.1 Å². The highest BCUT2D eigenvalue weighted by molar-refractivity contribution is 6.30. The number of nitrogens with zero attached hydrogens (tertiary/aromatic N) is 1. The maximum Gasteiger partial charge on any atom is 0.253 e. The zero-order chi connectivity index (χ0) is 18.4. The number of carbonyl (C=O) groups excluding carboxylic acids is 1. The van der Waals surface area contributed by atoms with Crippen LogP contribution < -0.4 is 10.6 Å². The summed E-state index contributed by atoms with van der Waals surface area (Å²) < 4.78 is 0. The van der Waals surface area contributed by atoms with Crippen molar-refractivity contribution in [3.63, 3.8) is 0 Å². The standard InChI is InChI=1S/C20H17Cl2N3O/c21-17-6-1-14(2-7-17)11-23-19-10-5-16(13-24-19)20(26)25-12-15-3-8-18(22)9-4-15/h1-10,13H,11-12H2,(H,23,24)(H,25,26). The van der Waals surface area contributed by atoms with E-state index in [2.05, 4.69) is 15.6 Å². The van der Waals surface area contributed by atoms with E-state index in [4.69, 9.17) is 23.2 Å². The van der Waals surface area contributed by atoms with E-state index in [1.807, 2.05) is 36.4 Å². The van der Waals surface area contributed by atoms with E-state index in [1.54, 1.807) is 30.5 Å². The average molecular weight is 386 g/mol. The van der Waals surface area contributed by atoms with Gasteiger partial charge in [0.2, 0.25) is 0 Å². The molecule has 0 bridgehead atoms. The number of amides is 1. The van der Waals surface area contributed by atoms with Gasteiger partial charge in [0.1, 0.15) is 5.82 Å². The molecule has 1 aromatic heterocycles. The number of rotatable bonds is 6. The fourth-order valence-electron chi connectivity index (χ4n) is 2.31. The minimum Gasteiger partial charge on any atom is -0.366 e. The van der Waals surface area contributed by atoms with Crippen LogP contribution in [0.4, 0.5) is 5.82 Å². The average Bonchev–Trinajstić information content (AvgIpc) is 2.67. The topological polar surface area (TPSA) is 54.0 Å². The molecule has 6 heteroatoms. The lowest BCUT2D eigenvalue weighted by Crippen LogP contribution is -2.22. The summed E-state index contributed by atoms with van der Waals surface area (Å²) in [6, 6.07) is 18.5. The van der Waals surface area contributed by atoms with E-state index in [-0.39, 0.29) is 5.91 Å². The number of pyridine rings is 1. The van der Waals surface area contributed by atoms with Crippen LogP contribution in [-0.4, -0.2) is 10.9 Å².